The van der Waals surface area contributed by atoms with Crippen LogP contribution >= 0.6 is 0 Å². The number of carbonyl (C=O) groups is 1. The van der Waals surface area contributed by atoms with Crippen molar-refractivity contribution in [3.63, 3.8) is 0 Å². The summed E-state index contributed by atoms with van der Waals surface area (Å²) in [5, 5.41) is 12.6. The monoisotopic (exact) mass is 292 g/mol. The van der Waals surface area contributed by atoms with Crippen LogP contribution in [0.4, 0.5) is 5.82 Å². The Balaban J connectivity index is 2.18. The zero-order chi connectivity index (χ0) is 15.6. The van der Waals surface area contributed by atoms with Crippen molar-refractivity contribution >= 4 is 11.8 Å². The molecule has 2 atom stereocenters. The predicted molar refractivity (Wildman–Crippen MR) is 81.8 cm³/mol. The van der Waals surface area contributed by atoms with Crippen LogP contribution in [0.3, 0.4) is 0 Å². The Hall–Kier alpha value is -1.62. The van der Waals surface area contributed by atoms with Crippen LogP contribution in [0, 0.1) is 5.41 Å². The van der Waals surface area contributed by atoms with Crippen LogP contribution in [-0.2, 0) is 11.2 Å². The van der Waals surface area contributed by atoms with Gasteiger partial charge in [-0.3, -0.25) is 0 Å². The Morgan fingerprint density at radius 1 is 1.52 bits per heavy atom. The van der Waals surface area contributed by atoms with Gasteiger partial charge in [-0.1, -0.05) is 27.2 Å². The highest BCUT2D eigenvalue weighted by atomic mass is 16.5. The number of nitrogens with one attached hydrogen (secondary N) is 1. The summed E-state index contributed by atoms with van der Waals surface area (Å²) in [5.41, 5.74) is 1.12. The van der Waals surface area contributed by atoms with E-state index in [0.29, 0.717) is 5.82 Å². The molecule has 5 nitrogen and oxygen atoms in total. The molecule has 1 aromatic rings. The average molecular weight is 292 g/mol. The van der Waals surface area contributed by atoms with Crippen molar-refractivity contribution in [3.05, 3.63) is 23.4 Å². The van der Waals surface area contributed by atoms with Crippen molar-refractivity contribution < 1.29 is 14.6 Å². The van der Waals surface area contributed by atoms with E-state index in [4.69, 9.17) is 4.74 Å². The summed E-state index contributed by atoms with van der Waals surface area (Å²) in [6.45, 7) is 6.35. The fourth-order valence-electron chi connectivity index (χ4n) is 2.88. The molecule has 1 heterocycles. The van der Waals surface area contributed by atoms with Crippen molar-refractivity contribution in [1.82, 2.24) is 4.98 Å². The fraction of sp³-hybridized carbons (Fsp3) is 0.625. The highest BCUT2D eigenvalue weighted by molar-refractivity contribution is 5.88. The van der Waals surface area contributed by atoms with Gasteiger partial charge in [-0.05, 0) is 25.0 Å². The van der Waals surface area contributed by atoms with Crippen molar-refractivity contribution in [2.24, 2.45) is 5.41 Å². The zero-order valence-corrected chi connectivity index (χ0v) is 13.1. The number of carboxylic acids is 1. The Morgan fingerprint density at radius 2 is 2.24 bits per heavy atom. The summed E-state index contributed by atoms with van der Waals surface area (Å²) >= 11 is 0. The number of aromatic carboxylic acids is 1. The van der Waals surface area contributed by atoms with Gasteiger partial charge >= 0.3 is 5.97 Å². The van der Waals surface area contributed by atoms with Crippen molar-refractivity contribution in [2.75, 3.05) is 12.4 Å². The molecule has 1 saturated carbocycles. The van der Waals surface area contributed by atoms with Crippen LogP contribution in [0.1, 0.15) is 49.7 Å². The topological polar surface area (TPSA) is 71.5 Å². The second-order valence-corrected chi connectivity index (χ2v) is 6.27. The van der Waals surface area contributed by atoms with Crippen LogP contribution in [-0.4, -0.2) is 35.3 Å². The molecule has 5 heteroatoms. The number of methoxy groups -OCH3 is 1. The van der Waals surface area contributed by atoms with Crippen LogP contribution < -0.4 is 5.32 Å². The molecule has 1 aromatic heterocycles. The van der Waals surface area contributed by atoms with Gasteiger partial charge in [0.1, 0.15) is 5.82 Å². The second kappa shape index (κ2) is 6.02. The molecule has 1 aliphatic rings. The molecule has 0 aliphatic heterocycles. The molecule has 0 radical (unpaired) electrons. The first-order valence-corrected chi connectivity index (χ1v) is 7.42. The van der Waals surface area contributed by atoms with E-state index in [1.54, 1.807) is 19.2 Å². The molecule has 0 spiro atoms. The van der Waals surface area contributed by atoms with Crippen molar-refractivity contribution in [1.29, 1.82) is 0 Å². The minimum Gasteiger partial charge on any atom is -0.478 e. The Labute approximate surface area is 125 Å². The van der Waals surface area contributed by atoms with Gasteiger partial charge in [-0.25, -0.2) is 9.78 Å². The molecule has 1 aliphatic carbocycles. The number of aromatic nitrogens is 1. The van der Waals surface area contributed by atoms with Gasteiger partial charge < -0.3 is 15.2 Å². The molecule has 2 unspecified atom stereocenters. The highest BCUT2D eigenvalue weighted by Crippen LogP contribution is 2.43. The normalized spacial score (nSPS) is 23.4. The van der Waals surface area contributed by atoms with E-state index in [1.807, 2.05) is 0 Å². The summed E-state index contributed by atoms with van der Waals surface area (Å²) < 4.78 is 5.44. The lowest BCUT2D eigenvalue weighted by Gasteiger charge is -2.51. The van der Waals surface area contributed by atoms with E-state index in [2.05, 4.69) is 31.1 Å². The summed E-state index contributed by atoms with van der Waals surface area (Å²) in [5.74, 6) is -0.272. The number of rotatable bonds is 6. The quantitative estimate of drug-likeness (QED) is 0.843. The maximum Gasteiger partial charge on any atom is 0.335 e. The lowest BCUT2D eigenvalue weighted by molar-refractivity contribution is -0.0795. The maximum absolute atomic E-state index is 11.2. The van der Waals surface area contributed by atoms with Crippen molar-refractivity contribution in [2.45, 2.75) is 52.2 Å². The van der Waals surface area contributed by atoms with Gasteiger partial charge in [0.15, 0.2) is 0 Å². The maximum atomic E-state index is 11.2. The summed E-state index contributed by atoms with van der Waals surface area (Å²) in [6, 6.07) is 3.51. The van der Waals surface area contributed by atoms with E-state index >= 15 is 0 Å². The lowest BCUT2D eigenvalue weighted by atomic mass is 9.64. The minimum absolute atomic E-state index is 0.0145. The van der Waals surface area contributed by atoms with Gasteiger partial charge in [-0.15, -0.1) is 0 Å². The standard InChI is InChI=1S/C16H24N2O3/c1-5-6-11-7-10(15(19)20)8-14(17-11)18-12-9-13(21-4)16(12,2)3/h7-8,12-13H,5-6,9H2,1-4H3,(H,17,18)(H,19,20). The predicted octanol–water partition coefficient (Wildman–Crippen LogP) is 2.96. The molecule has 116 valence electrons. The van der Waals surface area contributed by atoms with Crippen LogP contribution in [0.2, 0.25) is 0 Å². The molecule has 2 N–H and O–H groups in total. The van der Waals surface area contributed by atoms with Crippen LogP contribution in [0.15, 0.2) is 12.1 Å². The second-order valence-electron chi connectivity index (χ2n) is 6.27. The first-order valence-electron chi connectivity index (χ1n) is 7.42. The number of hydrogen-bond acceptors (Lipinski definition) is 4. The van der Waals surface area contributed by atoms with Gasteiger partial charge in [-0.2, -0.15) is 0 Å². The minimum atomic E-state index is -0.916. The molecule has 0 aromatic carbocycles. The summed E-state index contributed by atoms with van der Waals surface area (Å²) in [6.07, 6.45) is 2.86. The summed E-state index contributed by atoms with van der Waals surface area (Å²) in [4.78, 5) is 15.8. The molecule has 0 amide bonds. The van der Waals surface area contributed by atoms with Crippen LogP contribution in [0.25, 0.3) is 0 Å². The molecule has 0 saturated heterocycles. The zero-order valence-electron chi connectivity index (χ0n) is 13.1. The third-order valence-corrected chi connectivity index (χ3v) is 4.42. The first-order chi connectivity index (χ1) is 9.88. The molecule has 1 fully saturated rings. The Kier molecular flexibility index (Phi) is 4.52. The van der Waals surface area contributed by atoms with Gasteiger partial charge in [0.2, 0.25) is 0 Å². The van der Waals surface area contributed by atoms with E-state index in [9.17, 15) is 9.90 Å². The lowest BCUT2D eigenvalue weighted by Crippen LogP contribution is -2.57. The number of pyridine rings is 1. The number of anilines is 1. The van der Waals surface area contributed by atoms with E-state index < -0.39 is 5.97 Å². The molecular formula is C16H24N2O3. The van der Waals surface area contributed by atoms with Gasteiger partial charge in [0.25, 0.3) is 0 Å². The third kappa shape index (κ3) is 3.18. The fourth-order valence-corrected chi connectivity index (χ4v) is 2.88. The van der Waals surface area contributed by atoms with E-state index in [0.717, 1.165) is 25.0 Å². The Bertz CT molecular complexity index is 528. The smallest absolute Gasteiger partial charge is 0.335 e. The SMILES string of the molecule is CCCc1cc(C(=O)O)cc(NC2CC(OC)C2(C)C)n1. The molecule has 0 bridgehead atoms. The number of ether oxygens (including phenoxy) is 1. The van der Waals surface area contributed by atoms with E-state index in [-0.39, 0.29) is 23.1 Å². The molecule has 2 rings (SSSR count). The van der Waals surface area contributed by atoms with Gasteiger partial charge in [0.05, 0.1) is 11.7 Å². The number of hydrogen-bond donors (Lipinski definition) is 2. The number of nitrogens with zero attached hydrogens (tertiary/aromatic N) is 1. The third-order valence-electron chi connectivity index (χ3n) is 4.42. The average Bonchev–Trinajstić information content (AvgIpc) is 2.43. The van der Waals surface area contributed by atoms with E-state index in [1.165, 1.54) is 0 Å². The first kappa shape index (κ1) is 15.8. The van der Waals surface area contributed by atoms with Crippen molar-refractivity contribution in [3.8, 4) is 0 Å². The number of aryl methyl sites for hydroxylation is 1. The Morgan fingerprint density at radius 3 is 2.76 bits per heavy atom. The number of carboxylic acid groups (broad SMARTS) is 1. The van der Waals surface area contributed by atoms with Gasteiger partial charge in [0, 0.05) is 24.3 Å². The molecule has 21 heavy (non-hydrogen) atoms. The highest BCUT2D eigenvalue weighted by Gasteiger charge is 2.48. The van der Waals surface area contributed by atoms with Crippen LogP contribution in [0.5, 0.6) is 0 Å². The largest absolute Gasteiger partial charge is 0.478 e. The summed E-state index contributed by atoms with van der Waals surface area (Å²) in [7, 11) is 1.73. The molecular weight excluding hydrogens is 268 g/mol.